The number of nitrogens with one attached hydrogen (secondary N) is 2. The Balaban J connectivity index is 2.38. The van der Waals surface area contributed by atoms with Crippen LogP contribution in [-0.4, -0.2) is 30.8 Å². The monoisotopic (exact) mass is 200 g/mol. The number of hydrogen-bond acceptors (Lipinski definition) is 2. The van der Waals surface area contributed by atoms with Crippen molar-refractivity contribution < 1.29 is 9.53 Å². The Morgan fingerprint density at radius 2 is 2.36 bits per heavy atom. The molecule has 1 fully saturated rings. The predicted octanol–water partition coefficient (Wildman–Crippen LogP) is 1.26. The second kappa shape index (κ2) is 4.64. The van der Waals surface area contributed by atoms with Gasteiger partial charge in [-0.25, -0.2) is 4.79 Å². The molecule has 4 heteroatoms. The van der Waals surface area contributed by atoms with Crippen molar-refractivity contribution >= 4 is 6.03 Å². The number of hydrogen-bond donors (Lipinski definition) is 2. The molecule has 0 bridgehead atoms. The van der Waals surface area contributed by atoms with Gasteiger partial charge in [0.25, 0.3) is 0 Å². The molecule has 2 atom stereocenters. The van der Waals surface area contributed by atoms with Crippen LogP contribution in [0.4, 0.5) is 4.79 Å². The lowest BCUT2D eigenvalue weighted by atomic mass is 9.95. The number of ether oxygens (including phenoxy) is 1. The van der Waals surface area contributed by atoms with Gasteiger partial charge in [-0.3, -0.25) is 0 Å². The summed E-state index contributed by atoms with van der Waals surface area (Å²) in [6, 6.07) is -0.0910. The zero-order chi connectivity index (χ0) is 10.6. The highest BCUT2D eigenvalue weighted by molar-refractivity contribution is 5.74. The quantitative estimate of drug-likeness (QED) is 0.720. The molecule has 0 aromatic carbocycles. The predicted molar refractivity (Wildman–Crippen MR) is 55.3 cm³/mol. The van der Waals surface area contributed by atoms with E-state index >= 15 is 0 Å². The zero-order valence-corrected chi connectivity index (χ0v) is 9.22. The third-order valence-electron chi connectivity index (χ3n) is 2.82. The molecule has 1 saturated heterocycles. The molecular weight excluding hydrogens is 180 g/mol. The summed E-state index contributed by atoms with van der Waals surface area (Å²) in [7, 11) is 0. The molecule has 0 spiro atoms. The molecule has 1 rings (SSSR count). The van der Waals surface area contributed by atoms with Gasteiger partial charge in [0.05, 0.1) is 11.6 Å². The Labute approximate surface area is 85.4 Å². The lowest BCUT2D eigenvalue weighted by Gasteiger charge is -2.28. The Morgan fingerprint density at radius 1 is 1.64 bits per heavy atom. The van der Waals surface area contributed by atoms with Crippen molar-refractivity contribution in [3.63, 3.8) is 0 Å². The van der Waals surface area contributed by atoms with E-state index in [-0.39, 0.29) is 17.7 Å². The van der Waals surface area contributed by atoms with Crippen LogP contribution in [0.5, 0.6) is 0 Å². The van der Waals surface area contributed by atoms with Gasteiger partial charge < -0.3 is 15.4 Å². The highest BCUT2D eigenvalue weighted by Gasteiger charge is 2.38. The fourth-order valence-electron chi connectivity index (χ4n) is 1.54. The molecule has 2 amide bonds. The van der Waals surface area contributed by atoms with Gasteiger partial charge in [0.1, 0.15) is 0 Å². The summed E-state index contributed by atoms with van der Waals surface area (Å²) in [5.74, 6) is 0. The molecule has 1 aliphatic rings. The molecule has 0 aromatic rings. The van der Waals surface area contributed by atoms with E-state index in [0.717, 1.165) is 26.0 Å². The average Bonchev–Trinajstić information content (AvgIpc) is 2.43. The topological polar surface area (TPSA) is 50.4 Å². The van der Waals surface area contributed by atoms with Gasteiger partial charge >= 0.3 is 6.03 Å². The van der Waals surface area contributed by atoms with Gasteiger partial charge in [-0.15, -0.1) is 0 Å². The molecule has 0 aromatic heterocycles. The maximum atomic E-state index is 11.4. The third kappa shape index (κ3) is 2.61. The summed E-state index contributed by atoms with van der Waals surface area (Å²) in [6.07, 6.45) is 1.93. The zero-order valence-electron chi connectivity index (χ0n) is 9.22. The SMILES string of the molecule is CCCNC(=O)NC1(C)CCOC1C. The lowest BCUT2D eigenvalue weighted by Crippen LogP contribution is -2.54. The van der Waals surface area contributed by atoms with Crippen LogP contribution in [0.1, 0.15) is 33.6 Å². The van der Waals surface area contributed by atoms with Crippen LogP contribution in [0.25, 0.3) is 0 Å². The van der Waals surface area contributed by atoms with Crippen LogP contribution in [0.15, 0.2) is 0 Å². The summed E-state index contributed by atoms with van der Waals surface area (Å²) < 4.78 is 5.43. The molecular formula is C10H20N2O2. The highest BCUT2D eigenvalue weighted by atomic mass is 16.5. The van der Waals surface area contributed by atoms with E-state index < -0.39 is 0 Å². The first-order valence-corrected chi connectivity index (χ1v) is 5.26. The van der Waals surface area contributed by atoms with Crippen molar-refractivity contribution in [1.29, 1.82) is 0 Å². The minimum absolute atomic E-state index is 0.0910. The minimum Gasteiger partial charge on any atom is -0.376 e. The number of urea groups is 1. The van der Waals surface area contributed by atoms with E-state index in [1.165, 1.54) is 0 Å². The van der Waals surface area contributed by atoms with Crippen LogP contribution in [0, 0.1) is 0 Å². The van der Waals surface area contributed by atoms with E-state index in [0.29, 0.717) is 0 Å². The maximum Gasteiger partial charge on any atom is 0.315 e. The fourth-order valence-corrected chi connectivity index (χ4v) is 1.54. The van der Waals surface area contributed by atoms with Crippen molar-refractivity contribution in [2.45, 2.75) is 45.3 Å². The summed E-state index contributed by atoms with van der Waals surface area (Å²) in [6.45, 7) is 7.50. The third-order valence-corrected chi connectivity index (χ3v) is 2.82. The largest absolute Gasteiger partial charge is 0.376 e. The Morgan fingerprint density at radius 3 is 2.86 bits per heavy atom. The van der Waals surface area contributed by atoms with E-state index in [1.807, 2.05) is 20.8 Å². The molecule has 0 aliphatic carbocycles. The first-order valence-electron chi connectivity index (χ1n) is 5.26. The van der Waals surface area contributed by atoms with E-state index in [1.54, 1.807) is 0 Å². The van der Waals surface area contributed by atoms with Crippen molar-refractivity contribution in [1.82, 2.24) is 10.6 Å². The standard InChI is InChI=1S/C10H20N2O2/c1-4-6-11-9(13)12-10(3)5-7-14-8(10)2/h8H,4-7H2,1-3H3,(H2,11,12,13). The van der Waals surface area contributed by atoms with Crippen LogP contribution in [0.2, 0.25) is 0 Å². The molecule has 1 heterocycles. The molecule has 14 heavy (non-hydrogen) atoms. The van der Waals surface area contributed by atoms with Gasteiger partial charge in [0.15, 0.2) is 0 Å². The van der Waals surface area contributed by atoms with Crippen LogP contribution in [0.3, 0.4) is 0 Å². The first-order chi connectivity index (χ1) is 6.58. The Bertz CT molecular complexity index is 208. The van der Waals surface area contributed by atoms with Crippen LogP contribution in [-0.2, 0) is 4.74 Å². The normalized spacial score (nSPS) is 31.5. The number of carbonyl (C=O) groups is 1. The average molecular weight is 200 g/mol. The second-order valence-electron chi connectivity index (χ2n) is 4.06. The van der Waals surface area contributed by atoms with E-state index in [9.17, 15) is 4.79 Å². The van der Waals surface area contributed by atoms with E-state index in [2.05, 4.69) is 10.6 Å². The van der Waals surface area contributed by atoms with Crippen LogP contribution < -0.4 is 10.6 Å². The molecule has 0 radical (unpaired) electrons. The molecule has 2 N–H and O–H groups in total. The fraction of sp³-hybridized carbons (Fsp3) is 0.900. The summed E-state index contributed by atoms with van der Waals surface area (Å²) in [5, 5.41) is 5.76. The second-order valence-corrected chi connectivity index (χ2v) is 4.06. The first kappa shape index (κ1) is 11.3. The summed E-state index contributed by atoms with van der Waals surface area (Å²) in [5.41, 5.74) is -0.210. The highest BCUT2D eigenvalue weighted by Crippen LogP contribution is 2.24. The number of carbonyl (C=O) groups excluding carboxylic acids is 1. The molecule has 4 nitrogen and oxygen atoms in total. The van der Waals surface area contributed by atoms with Crippen molar-refractivity contribution in [3.8, 4) is 0 Å². The molecule has 0 saturated carbocycles. The van der Waals surface area contributed by atoms with Gasteiger partial charge in [0.2, 0.25) is 0 Å². The molecule has 82 valence electrons. The summed E-state index contributed by atoms with van der Waals surface area (Å²) >= 11 is 0. The number of amides is 2. The van der Waals surface area contributed by atoms with Gasteiger partial charge in [-0.1, -0.05) is 6.92 Å². The Hall–Kier alpha value is -0.770. The van der Waals surface area contributed by atoms with Crippen molar-refractivity contribution in [2.24, 2.45) is 0 Å². The van der Waals surface area contributed by atoms with Crippen LogP contribution >= 0.6 is 0 Å². The summed E-state index contributed by atoms with van der Waals surface area (Å²) in [4.78, 5) is 11.4. The molecule has 2 unspecified atom stereocenters. The van der Waals surface area contributed by atoms with Gasteiger partial charge in [-0.05, 0) is 26.7 Å². The maximum absolute atomic E-state index is 11.4. The van der Waals surface area contributed by atoms with Gasteiger partial charge in [-0.2, -0.15) is 0 Å². The number of rotatable bonds is 3. The van der Waals surface area contributed by atoms with Crippen molar-refractivity contribution in [2.75, 3.05) is 13.2 Å². The van der Waals surface area contributed by atoms with Crippen molar-refractivity contribution in [3.05, 3.63) is 0 Å². The minimum atomic E-state index is -0.210. The van der Waals surface area contributed by atoms with E-state index in [4.69, 9.17) is 4.74 Å². The Kier molecular flexibility index (Phi) is 3.75. The van der Waals surface area contributed by atoms with Gasteiger partial charge in [0, 0.05) is 13.2 Å². The lowest BCUT2D eigenvalue weighted by molar-refractivity contribution is 0.0912. The smallest absolute Gasteiger partial charge is 0.315 e. The molecule has 1 aliphatic heterocycles.